The van der Waals surface area contributed by atoms with Crippen LogP contribution in [0.2, 0.25) is 0 Å². The molecule has 0 fully saturated rings. The van der Waals surface area contributed by atoms with Gasteiger partial charge in [-0.25, -0.2) is 4.68 Å². The molecule has 1 heterocycles. The highest BCUT2D eigenvalue weighted by Gasteiger charge is 2.28. The molecule has 1 aromatic heterocycles. The molecule has 1 aromatic carbocycles. The second kappa shape index (κ2) is 4.65. The second-order valence-electron chi connectivity index (χ2n) is 4.02. The van der Waals surface area contributed by atoms with Crippen molar-refractivity contribution in [1.29, 1.82) is 0 Å². The molecule has 0 saturated heterocycles. The summed E-state index contributed by atoms with van der Waals surface area (Å²) >= 11 is 0. The summed E-state index contributed by atoms with van der Waals surface area (Å²) in [5, 5.41) is 8.19. The zero-order valence-electron chi connectivity index (χ0n) is 10.00. The van der Waals surface area contributed by atoms with Crippen LogP contribution < -0.4 is 5.73 Å². The van der Waals surface area contributed by atoms with Crippen molar-refractivity contribution in [2.24, 2.45) is 5.73 Å². The molecule has 0 spiro atoms. The number of ether oxygens (including phenoxy) is 1. The molecule has 0 aliphatic rings. The lowest BCUT2D eigenvalue weighted by molar-refractivity contribution is 0.00632. The molecule has 0 saturated carbocycles. The highest BCUT2D eigenvalue weighted by molar-refractivity contribution is 5.30. The fraction of sp³-hybridized carbons (Fsp3) is 0.333. The molecule has 0 aliphatic heterocycles. The Labute approximate surface area is 100 Å². The topological polar surface area (TPSA) is 66.0 Å². The first kappa shape index (κ1) is 11.8. The molecule has 0 aliphatic carbocycles. The molecule has 17 heavy (non-hydrogen) atoms. The molecule has 0 bridgehead atoms. The van der Waals surface area contributed by atoms with Crippen LogP contribution in [0.1, 0.15) is 12.6 Å². The lowest BCUT2D eigenvalue weighted by Gasteiger charge is -2.23. The van der Waals surface area contributed by atoms with Crippen LogP contribution in [0.15, 0.2) is 36.5 Å². The number of rotatable bonds is 4. The van der Waals surface area contributed by atoms with Crippen molar-refractivity contribution in [3.63, 3.8) is 0 Å². The predicted octanol–water partition coefficient (Wildman–Crippen LogP) is 1.09. The highest BCUT2D eigenvalue weighted by Crippen LogP contribution is 2.21. The Morgan fingerprint density at radius 2 is 2.06 bits per heavy atom. The number of aromatic nitrogens is 3. The normalized spacial score (nSPS) is 14.5. The Kier molecular flexibility index (Phi) is 3.21. The molecule has 1 unspecified atom stereocenters. The number of nitrogens with zero attached hydrogens (tertiary/aromatic N) is 3. The third kappa shape index (κ3) is 2.20. The molecular weight excluding hydrogens is 216 g/mol. The van der Waals surface area contributed by atoms with Crippen molar-refractivity contribution in [3.8, 4) is 5.69 Å². The van der Waals surface area contributed by atoms with Crippen molar-refractivity contribution in [2.75, 3.05) is 13.7 Å². The number of hydrogen-bond donors (Lipinski definition) is 1. The predicted molar refractivity (Wildman–Crippen MR) is 64.8 cm³/mol. The third-order valence-electron chi connectivity index (χ3n) is 2.90. The fourth-order valence-corrected chi connectivity index (χ4v) is 1.51. The average Bonchev–Trinajstić information content (AvgIpc) is 2.89. The van der Waals surface area contributed by atoms with E-state index in [2.05, 4.69) is 10.3 Å². The van der Waals surface area contributed by atoms with E-state index in [1.807, 2.05) is 43.5 Å². The molecular formula is C12H16N4O. The molecule has 2 aromatic rings. The van der Waals surface area contributed by atoms with Gasteiger partial charge in [0, 0.05) is 13.7 Å². The molecule has 90 valence electrons. The number of para-hydroxylation sites is 1. The third-order valence-corrected chi connectivity index (χ3v) is 2.90. The van der Waals surface area contributed by atoms with Gasteiger partial charge >= 0.3 is 0 Å². The first-order valence-electron chi connectivity index (χ1n) is 5.43. The fourth-order valence-electron chi connectivity index (χ4n) is 1.51. The van der Waals surface area contributed by atoms with Crippen molar-refractivity contribution in [1.82, 2.24) is 15.0 Å². The molecule has 0 radical (unpaired) electrons. The van der Waals surface area contributed by atoms with E-state index in [0.29, 0.717) is 6.54 Å². The lowest BCUT2D eigenvalue weighted by atomic mass is 10.0. The summed E-state index contributed by atoms with van der Waals surface area (Å²) < 4.78 is 7.09. The van der Waals surface area contributed by atoms with Gasteiger partial charge in [0.15, 0.2) is 0 Å². The van der Waals surface area contributed by atoms with Gasteiger partial charge in [-0.3, -0.25) is 0 Å². The Morgan fingerprint density at radius 3 is 2.65 bits per heavy atom. The summed E-state index contributed by atoms with van der Waals surface area (Å²) in [4.78, 5) is 0. The summed E-state index contributed by atoms with van der Waals surface area (Å²) in [7, 11) is 1.62. The second-order valence-corrected chi connectivity index (χ2v) is 4.02. The molecule has 0 amide bonds. The number of hydrogen-bond acceptors (Lipinski definition) is 4. The van der Waals surface area contributed by atoms with Crippen LogP contribution in [0.3, 0.4) is 0 Å². The van der Waals surface area contributed by atoms with Crippen LogP contribution in [0.5, 0.6) is 0 Å². The molecule has 1 atom stereocenters. The zero-order valence-corrected chi connectivity index (χ0v) is 10.00. The standard InChI is InChI=1S/C12H16N4O/c1-12(9-13,17-2)11-8-16(15-14-11)10-6-4-3-5-7-10/h3-8H,9,13H2,1-2H3. The SMILES string of the molecule is COC(C)(CN)c1cn(-c2ccccc2)nn1. The van der Waals surface area contributed by atoms with Gasteiger partial charge in [0.2, 0.25) is 0 Å². The van der Waals surface area contributed by atoms with Crippen LogP contribution in [0.4, 0.5) is 0 Å². The summed E-state index contributed by atoms with van der Waals surface area (Å²) in [5.41, 5.74) is 6.79. The van der Waals surface area contributed by atoms with Crippen LogP contribution in [0.25, 0.3) is 5.69 Å². The van der Waals surface area contributed by atoms with E-state index in [-0.39, 0.29) is 0 Å². The van der Waals surface area contributed by atoms with Crippen molar-refractivity contribution in [3.05, 3.63) is 42.2 Å². The van der Waals surface area contributed by atoms with Gasteiger partial charge in [0.05, 0.1) is 11.9 Å². The van der Waals surface area contributed by atoms with Crippen LogP contribution >= 0.6 is 0 Å². The smallest absolute Gasteiger partial charge is 0.122 e. The minimum absolute atomic E-state index is 0.358. The van der Waals surface area contributed by atoms with E-state index >= 15 is 0 Å². The summed E-state index contributed by atoms with van der Waals surface area (Å²) in [6.07, 6.45) is 1.84. The first-order valence-corrected chi connectivity index (χ1v) is 5.43. The van der Waals surface area contributed by atoms with Gasteiger partial charge in [-0.05, 0) is 19.1 Å². The van der Waals surface area contributed by atoms with E-state index in [9.17, 15) is 0 Å². The van der Waals surface area contributed by atoms with Gasteiger partial charge in [-0.1, -0.05) is 23.4 Å². The maximum Gasteiger partial charge on any atom is 0.122 e. The molecule has 5 heteroatoms. The summed E-state index contributed by atoms with van der Waals surface area (Å²) in [6, 6.07) is 9.79. The van der Waals surface area contributed by atoms with Crippen LogP contribution in [-0.4, -0.2) is 28.6 Å². The summed E-state index contributed by atoms with van der Waals surface area (Å²) in [6.45, 7) is 2.25. The molecule has 2 rings (SSSR count). The largest absolute Gasteiger partial charge is 0.371 e. The van der Waals surface area contributed by atoms with Crippen molar-refractivity contribution in [2.45, 2.75) is 12.5 Å². The van der Waals surface area contributed by atoms with E-state index in [0.717, 1.165) is 11.4 Å². The van der Waals surface area contributed by atoms with Crippen molar-refractivity contribution < 1.29 is 4.74 Å². The number of nitrogens with two attached hydrogens (primary N) is 1. The molecule has 2 N–H and O–H groups in total. The van der Waals surface area contributed by atoms with Gasteiger partial charge < -0.3 is 10.5 Å². The number of benzene rings is 1. The van der Waals surface area contributed by atoms with E-state index in [4.69, 9.17) is 10.5 Å². The maximum absolute atomic E-state index is 5.70. The minimum atomic E-state index is -0.590. The Hall–Kier alpha value is -1.72. The van der Waals surface area contributed by atoms with Gasteiger partial charge in [-0.15, -0.1) is 5.10 Å². The first-order chi connectivity index (χ1) is 8.19. The van der Waals surface area contributed by atoms with E-state index < -0.39 is 5.60 Å². The Morgan fingerprint density at radius 1 is 1.35 bits per heavy atom. The maximum atomic E-state index is 5.70. The van der Waals surface area contributed by atoms with Crippen LogP contribution in [0, 0.1) is 0 Å². The summed E-state index contributed by atoms with van der Waals surface area (Å²) in [5.74, 6) is 0. The van der Waals surface area contributed by atoms with E-state index in [1.54, 1.807) is 11.8 Å². The van der Waals surface area contributed by atoms with Crippen molar-refractivity contribution >= 4 is 0 Å². The highest BCUT2D eigenvalue weighted by atomic mass is 16.5. The minimum Gasteiger partial charge on any atom is -0.371 e. The lowest BCUT2D eigenvalue weighted by Crippen LogP contribution is -2.34. The van der Waals surface area contributed by atoms with Gasteiger partial charge in [0.1, 0.15) is 11.3 Å². The quantitative estimate of drug-likeness (QED) is 0.856. The Balaban J connectivity index is 2.34. The van der Waals surface area contributed by atoms with Gasteiger partial charge in [-0.2, -0.15) is 0 Å². The monoisotopic (exact) mass is 232 g/mol. The average molecular weight is 232 g/mol. The van der Waals surface area contributed by atoms with E-state index in [1.165, 1.54) is 0 Å². The number of methoxy groups -OCH3 is 1. The zero-order chi connectivity index (χ0) is 12.3. The van der Waals surface area contributed by atoms with Crippen LogP contribution in [-0.2, 0) is 10.3 Å². The Bertz CT molecular complexity index is 476. The molecule has 5 nitrogen and oxygen atoms in total. The van der Waals surface area contributed by atoms with Gasteiger partial charge in [0.25, 0.3) is 0 Å².